The average molecular weight is 174 g/mol. The van der Waals surface area contributed by atoms with Gasteiger partial charge in [0.2, 0.25) is 0 Å². The zero-order chi connectivity index (χ0) is 8.27. The molecule has 11 heavy (non-hydrogen) atoms. The SMILES string of the molecule is CSC1CCCC1OC(C)=O. The molecule has 1 aliphatic carbocycles. The van der Waals surface area contributed by atoms with Gasteiger partial charge in [-0.3, -0.25) is 4.79 Å². The fourth-order valence-corrected chi connectivity index (χ4v) is 2.41. The van der Waals surface area contributed by atoms with E-state index in [2.05, 4.69) is 6.26 Å². The van der Waals surface area contributed by atoms with Crippen molar-refractivity contribution in [1.82, 2.24) is 0 Å². The molecule has 1 saturated carbocycles. The van der Waals surface area contributed by atoms with Crippen LogP contribution in [0.5, 0.6) is 0 Å². The van der Waals surface area contributed by atoms with E-state index in [0.717, 1.165) is 6.42 Å². The van der Waals surface area contributed by atoms with Crippen LogP contribution in [0, 0.1) is 0 Å². The molecule has 0 saturated heterocycles. The van der Waals surface area contributed by atoms with Gasteiger partial charge in [-0.05, 0) is 25.5 Å². The van der Waals surface area contributed by atoms with E-state index in [-0.39, 0.29) is 12.1 Å². The van der Waals surface area contributed by atoms with Crippen LogP contribution in [0.1, 0.15) is 26.2 Å². The Balaban J connectivity index is 2.37. The Labute approximate surface area is 71.7 Å². The third-order valence-corrected chi connectivity index (χ3v) is 3.16. The van der Waals surface area contributed by atoms with Crippen LogP contribution in [-0.2, 0) is 9.53 Å². The van der Waals surface area contributed by atoms with Crippen LogP contribution in [0.15, 0.2) is 0 Å². The highest BCUT2D eigenvalue weighted by atomic mass is 32.2. The first kappa shape index (κ1) is 8.91. The summed E-state index contributed by atoms with van der Waals surface area (Å²) in [5, 5.41) is 0.541. The van der Waals surface area contributed by atoms with Crippen LogP contribution in [0.4, 0.5) is 0 Å². The van der Waals surface area contributed by atoms with Crippen molar-refractivity contribution in [2.75, 3.05) is 6.26 Å². The zero-order valence-corrected chi connectivity index (χ0v) is 7.82. The number of esters is 1. The van der Waals surface area contributed by atoms with Gasteiger partial charge in [-0.1, -0.05) is 0 Å². The lowest BCUT2D eigenvalue weighted by molar-refractivity contribution is -0.145. The number of carbonyl (C=O) groups excluding carboxylic acids is 1. The van der Waals surface area contributed by atoms with Crippen molar-refractivity contribution in [1.29, 1.82) is 0 Å². The van der Waals surface area contributed by atoms with Crippen LogP contribution in [-0.4, -0.2) is 23.6 Å². The Morgan fingerprint density at radius 1 is 1.55 bits per heavy atom. The van der Waals surface area contributed by atoms with Crippen molar-refractivity contribution in [2.45, 2.75) is 37.5 Å². The Bertz CT molecular complexity index is 147. The maximum Gasteiger partial charge on any atom is 0.302 e. The number of rotatable bonds is 2. The fourth-order valence-electron chi connectivity index (χ4n) is 1.51. The van der Waals surface area contributed by atoms with Crippen molar-refractivity contribution in [2.24, 2.45) is 0 Å². The molecule has 2 unspecified atom stereocenters. The van der Waals surface area contributed by atoms with E-state index in [1.165, 1.54) is 19.8 Å². The van der Waals surface area contributed by atoms with Crippen LogP contribution in [0.2, 0.25) is 0 Å². The second-order valence-corrected chi connectivity index (χ2v) is 3.93. The van der Waals surface area contributed by atoms with Gasteiger partial charge in [0.05, 0.1) is 0 Å². The lowest BCUT2D eigenvalue weighted by Crippen LogP contribution is -2.22. The van der Waals surface area contributed by atoms with Crippen molar-refractivity contribution in [3.63, 3.8) is 0 Å². The summed E-state index contributed by atoms with van der Waals surface area (Å²) in [5.41, 5.74) is 0. The van der Waals surface area contributed by atoms with E-state index in [0.29, 0.717) is 5.25 Å². The van der Waals surface area contributed by atoms with Gasteiger partial charge in [0.25, 0.3) is 0 Å². The van der Waals surface area contributed by atoms with Crippen molar-refractivity contribution in [3.05, 3.63) is 0 Å². The van der Waals surface area contributed by atoms with Crippen molar-refractivity contribution in [3.8, 4) is 0 Å². The molecule has 0 aromatic carbocycles. The summed E-state index contributed by atoms with van der Waals surface area (Å²) in [6, 6.07) is 0. The summed E-state index contributed by atoms with van der Waals surface area (Å²) in [5.74, 6) is -0.143. The fraction of sp³-hybridized carbons (Fsp3) is 0.875. The summed E-state index contributed by atoms with van der Waals surface area (Å²) >= 11 is 1.81. The van der Waals surface area contributed by atoms with Crippen molar-refractivity contribution >= 4 is 17.7 Å². The molecule has 64 valence electrons. The number of ether oxygens (including phenoxy) is 1. The van der Waals surface area contributed by atoms with E-state index in [4.69, 9.17) is 4.74 Å². The molecule has 2 nitrogen and oxygen atoms in total. The molecule has 1 aliphatic rings. The smallest absolute Gasteiger partial charge is 0.302 e. The van der Waals surface area contributed by atoms with Gasteiger partial charge in [-0.25, -0.2) is 0 Å². The number of hydrogen-bond acceptors (Lipinski definition) is 3. The van der Waals surface area contributed by atoms with Crippen LogP contribution >= 0.6 is 11.8 Å². The minimum atomic E-state index is -0.143. The lowest BCUT2D eigenvalue weighted by atomic mass is 10.3. The largest absolute Gasteiger partial charge is 0.461 e. The first-order chi connectivity index (χ1) is 5.24. The minimum absolute atomic E-state index is 0.143. The molecular weight excluding hydrogens is 160 g/mol. The average Bonchev–Trinajstić information content (AvgIpc) is 2.34. The first-order valence-electron chi connectivity index (χ1n) is 3.94. The molecule has 0 amide bonds. The molecule has 3 heteroatoms. The van der Waals surface area contributed by atoms with Gasteiger partial charge in [0.1, 0.15) is 6.10 Å². The predicted molar refractivity (Wildman–Crippen MR) is 46.7 cm³/mol. The third kappa shape index (κ3) is 2.40. The summed E-state index contributed by atoms with van der Waals surface area (Å²) in [6.45, 7) is 1.48. The van der Waals surface area contributed by atoms with Gasteiger partial charge in [0, 0.05) is 12.2 Å². The molecule has 1 rings (SSSR count). The Hall–Kier alpha value is -0.180. The number of thioether (sulfide) groups is 1. The molecule has 0 aromatic heterocycles. The number of carbonyl (C=O) groups is 1. The van der Waals surface area contributed by atoms with Gasteiger partial charge < -0.3 is 4.74 Å². The first-order valence-corrected chi connectivity index (χ1v) is 5.23. The van der Waals surface area contributed by atoms with Crippen LogP contribution in [0.25, 0.3) is 0 Å². The predicted octanol–water partition coefficient (Wildman–Crippen LogP) is 1.83. The molecule has 0 N–H and O–H groups in total. The molecule has 0 spiro atoms. The Morgan fingerprint density at radius 2 is 2.27 bits per heavy atom. The van der Waals surface area contributed by atoms with E-state index >= 15 is 0 Å². The second-order valence-electron chi connectivity index (χ2n) is 2.85. The molecule has 0 radical (unpaired) electrons. The van der Waals surface area contributed by atoms with E-state index in [1.807, 2.05) is 0 Å². The minimum Gasteiger partial charge on any atom is -0.461 e. The highest BCUT2D eigenvalue weighted by Crippen LogP contribution is 2.30. The van der Waals surface area contributed by atoms with Crippen LogP contribution < -0.4 is 0 Å². The molecule has 0 bridgehead atoms. The van der Waals surface area contributed by atoms with E-state index in [1.54, 1.807) is 11.8 Å². The summed E-state index contributed by atoms with van der Waals surface area (Å²) in [6.07, 6.45) is 5.70. The van der Waals surface area contributed by atoms with Gasteiger partial charge in [0.15, 0.2) is 0 Å². The standard InChI is InChI=1S/C8H14O2S/c1-6(9)10-7-4-3-5-8(7)11-2/h7-8H,3-5H2,1-2H3. The second kappa shape index (κ2) is 4.00. The number of hydrogen-bond donors (Lipinski definition) is 0. The topological polar surface area (TPSA) is 26.3 Å². The summed E-state index contributed by atoms with van der Waals surface area (Å²) in [4.78, 5) is 10.6. The molecule has 0 heterocycles. The highest BCUT2D eigenvalue weighted by Gasteiger charge is 2.28. The van der Waals surface area contributed by atoms with Gasteiger partial charge >= 0.3 is 5.97 Å². The lowest BCUT2D eigenvalue weighted by Gasteiger charge is -2.16. The van der Waals surface area contributed by atoms with E-state index < -0.39 is 0 Å². The molecule has 0 aliphatic heterocycles. The molecule has 0 aromatic rings. The van der Waals surface area contributed by atoms with Crippen LogP contribution in [0.3, 0.4) is 0 Å². The van der Waals surface area contributed by atoms with Crippen molar-refractivity contribution < 1.29 is 9.53 Å². The van der Waals surface area contributed by atoms with E-state index in [9.17, 15) is 4.79 Å². The summed E-state index contributed by atoms with van der Waals surface area (Å²) in [7, 11) is 0. The summed E-state index contributed by atoms with van der Waals surface area (Å²) < 4.78 is 5.15. The molecule has 2 atom stereocenters. The Kier molecular flexibility index (Phi) is 3.24. The third-order valence-electron chi connectivity index (χ3n) is 2.01. The molecular formula is C8H14O2S. The maximum atomic E-state index is 10.6. The normalized spacial score (nSPS) is 30.4. The monoisotopic (exact) mass is 174 g/mol. The van der Waals surface area contributed by atoms with Gasteiger partial charge in [-0.2, -0.15) is 11.8 Å². The maximum absolute atomic E-state index is 10.6. The molecule has 1 fully saturated rings. The zero-order valence-electron chi connectivity index (χ0n) is 7.00. The quantitative estimate of drug-likeness (QED) is 0.597. The van der Waals surface area contributed by atoms with Gasteiger partial charge in [-0.15, -0.1) is 0 Å². The highest BCUT2D eigenvalue weighted by molar-refractivity contribution is 7.99. The Morgan fingerprint density at radius 3 is 2.82 bits per heavy atom.